The SMILES string of the molecule is Cl.O=C(c1cccc2c1OCCO2)N1CCC(N2CCNCC2)C1. The first-order valence-electron chi connectivity index (χ1n) is 8.45. The summed E-state index contributed by atoms with van der Waals surface area (Å²) in [5, 5.41) is 3.38. The van der Waals surface area contributed by atoms with Crippen LogP contribution in [0, 0.1) is 0 Å². The number of nitrogens with zero attached hydrogens (tertiary/aromatic N) is 2. The summed E-state index contributed by atoms with van der Waals surface area (Å²) < 4.78 is 11.3. The minimum atomic E-state index is 0. The maximum Gasteiger partial charge on any atom is 0.257 e. The molecule has 0 aromatic heterocycles. The van der Waals surface area contributed by atoms with Crippen molar-refractivity contribution in [1.29, 1.82) is 0 Å². The molecule has 0 radical (unpaired) electrons. The fourth-order valence-electron chi connectivity index (χ4n) is 3.68. The second kappa shape index (κ2) is 7.59. The van der Waals surface area contributed by atoms with Gasteiger partial charge in [0.25, 0.3) is 5.91 Å². The van der Waals surface area contributed by atoms with Gasteiger partial charge >= 0.3 is 0 Å². The fourth-order valence-corrected chi connectivity index (χ4v) is 3.68. The second-order valence-electron chi connectivity index (χ2n) is 6.31. The number of halogens is 1. The predicted molar refractivity (Wildman–Crippen MR) is 93.4 cm³/mol. The molecule has 4 rings (SSSR count). The summed E-state index contributed by atoms with van der Waals surface area (Å²) >= 11 is 0. The highest BCUT2D eigenvalue weighted by Crippen LogP contribution is 2.34. The molecule has 24 heavy (non-hydrogen) atoms. The number of hydrogen-bond donors (Lipinski definition) is 1. The summed E-state index contributed by atoms with van der Waals surface area (Å²) in [6.45, 7) is 6.90. The molecule has 3 heterocycles. The van der Waals surface area contributed by atoms with Gasteiger partial charge in [0.1, 0.15) is 13.2 Å². The van der Waals surface area contributed by atoms with Crippen molar-refractivity contribution in [2.75, 3.05) is 52.5 Å². The minimum Gasteiger partial charge on any atom is -0.486 e. The Morgan fingerprint density at radius 3 is 2.75 bits per heavy atom. The molecule has 1 unspecified atom stereocenters. The van der Waals surface area contributed by atoms with Gasteiger partial charge in [-0.05, 0) is 18.6 Å². The van der Waals surface area contributed by atoms with Crippen LogP contribution in [0.15, 0.2) is 18.2 Å². The van der Waals surface area contributed by atoms with Crippen LogP contribution in [0.3, 0.4) is 0 Å². The molecule has 0 spiro atoms. The molecule has 132 valence electrons. The number of likely N-dealkylation sites (tertiary alicyclic amines) is 1. The molecule has 1 aromatic carbocycles. The van der Waals surface area contributed by atoms with E-state index in [1.807, 2.05) is 23.1 Å². The van der Waals surface area contributed by atoms with E-state index in [1.54, 1.807) is 0 Å². The second-order valence-corrected chi connectivity index (χ2v) is 6.31. The van der Waals surface area contributed by atoms with Gasteiger partial charge in [-0.25, -0.2) is 0 Å². The van der Waals surface area contributed by atoms with E-state index in [0.717, 1.165) is 45.7 Å². The molecule has 7 heteroatoms. The van der Waals surface area contributed by atoms with Crippen molar-refractivity contribution in [3.05, 3.63) is 23.8 Å². The molecular formula is C17H24ClN3O3. The van der Waals surface area contributed by atoms with Crippen LogP contribution in [0.4, 0.5) is 0 Å². The van der Waals surface area contributed by atoms with Gasteiger partial charge < -0.3 is 19.7 Å². The molecule has 3 aliphatic heterocycles. The zero-order valence-corrected chi connectivity index (χ0v) is 14.5. The largest absolute Gasteiger partial charge is 0.486 e. The molecule has 1 amide bonds. The van der Waals surface area contributed by atoms with Crippen molar-refractivity contribution < 1.29 is 14.3 Å². The van der Waals surface area contributed by atoms with E-state index in [9.17, 15) is 4.79 Å². The van der Waals surface area contributed by atoms with Gasteiger partial charge in [-0.3, -0.25) is 9.69 Å². The van der Waals surface area contributed by atoms with E-state index in [2.05, 4.69) is 10.2 Å². The van der Waals surface area contributed by atoms with Gasteiger partial charge in [0.05, 0.1) is 5.56 Å². The molecule has 1 atom stereocenters. The lowest BCUT2D eigenvalue weighted by Crippen LogP contribution is -2.49. The first-order valence-corrected chi connectivity index (χ1v) is 8.45. The number of para-hydroxylation sites is 1. The van der Waals surface area contributed by atoms with Crippen LogP contribution in [-0.2, 0) is 0 Å². The molecule has 0 aliphatic carbocycles. The summed E-state index contributed by atoms with van der Waals surface area (Å²) in [5.41, 5.74) is 0.628. The van der Waals surface area contributed by atoms with E-state index in [-0.39, 0.29) is 18.3 Å². The van der Waals surface area contributed by atoms with Crippen molar-refractivity contribution in [3.8, 4) is 11.5 Å². The van der Waals surface area contributed by atoms with E-state index < -0.39 is 0 Å². The summed E-state index contributed by atoms with van der Waals surface area (Å²) in [7, 11) is 0. The van der Waals surface area contributed by atoms with Crippen LogP contribution in [-0.4, -0.2) is 74.2 Å². The minimum absolute atomic E-state index is 0. The van der Waals surface area contributed by atoms with E-state index in [1.165, 1.54) is 0 Å². The van der Waals surface area contributed by atoms with Crippen molar-refractivity contribution >= 4 is 18.3 Å². The summed E-state index contributed by atoms with van der Waals surface area (Å²) in [6.07, 6.45) is 1.05. The highest BCUT2D eigenvalue weighted by Gasteiger charge is 2.33. The quantitative estimate of drug-likeness (QED) is 0.859. The maximum absolute atomic E-state index is 12.9. The van der Waals surface area contributed by atoms with Crippen LogP contribution in [0.2, 0.25) is 0 Å². The predicted octanol–water partition coefficient (Wildman–Crippen LogP) is 0.999. The fraction of sp³-hybridized carbons (Fsp3) is 0.588. The van der Waals surface area contributed by atoms with Gasteiger partial charge in [0.15, 0.2) is 11.5 Å². The number of fused-ring (bicyclic) bond motifs is 1. The van der Waals surface area contributed by atoms with E-state index in [0.29, 0.717) is 36.3 Å². The van der Waals surface area contributed by atoms with Gasteiger partial charge in [-0.1, -0.05) is 6.07 Å². The standard InChI is InChI=1S/C17H23N3O3.ClH/c21-17(14-2-1-3-15-16(14)23-11-10-22-15)20-7-4-13(12-20)19-8-5-18-6-9-19;/h1-3,13,18H,4-12H2;1H. The van der Waals surface area contributed by atoms with Crippen molar-refractivity contribution in [2.45, 2.75) is 12.5 Å². The lowest BCUT2D eigenvalue weighted by Gasteiger charge is -2.32. The maximum atomic E-state index is 12.9. The van der Waals surface area contributed by atoms with Gasteiger partial charge in [0.2, 0.25) is 0 Å². The highest BCUT2D eigenvalue weighted by molar-refractivity contribution is 5.98. The van der Waals surface area contributed by atoms with Crippen molar-refractivity contribution in [3.63, 3.8) is 0 Å². The molecule has 3 aliphatic rings. The summed E-state index contributed by atoms with van der Waals surface area (Å²) in [6, 6.07) is 6.05. The number of hydrogen-bond acceptors (Lipinski definition) is 5. The average Bonchev–Trinajstić information content (AvgIpc) is 3.11. The number of carbonyl (C=O) groups is 1. The Morgan fingerprint density at radius 2 is 1.92 bits per heavy atom. The molecular weight excluding hydrogens is 330 g/mol. The number of carbonyl (C=O) groups excluding carboxylic acids is 1. The molecule has 6 nitrogen and oxygen atoms in total. The molecule has 2 saturated heterocycles. The van der Waals surface area contributed by atoms with Crippen LogP contribution >= 0.6 is 12.4 Å². The van der Waals surface area contributed by atoms with Crippen molar-refractivity contribution in [2.24, 2.45) is 0 Å². The summed E-state index contributed by atoms with van der Waals surface area (Å²) in [4.78, 5) is 17.4. The molecule has 0 saturated carbocycles. The van der Waals surface area contributed by atoms with Crippen LogP contribution in [0.1, 0.15) is 16.8 Å². The van der Waals surface area contributed by atoms with Crippen LogP contribution in [0.5, 0.6) is 11.5 Å². The molecule has 1 N–H and O–H groups in total. The Bertz CT molecular complexity index is 592. The average molecular weight is 354 g/mol. The third kappa shape index (κ3) is 3.31. The zero-order valence-electron chi connectivity index (χ0n) is 13.7. The van der Waals surface area contributed by atoms with E-state index in [4.69, 9.17) is 9.47 Å². The number of nitrogens with one attached hydrogen (secondary N) is 1. The molecule has 2 fully saturated rings. The zero-order chi connectivity index (χ0) is 15.6. The highest BCUT2D eigenvalue weighted by atomic mass is 35.5. The number of ether oxygens (including phenoxy) is 2. The lowest BCUT2D eigenvalue weighted by molar-refractivity contribution is 0.0763. The molecule has 0 bridgehead atoms. The Balaban J connectivity index is 0.00000169. The summed E-state index contributed by atoms with van der Waals surface area (Å²) in [5.74, 6) is 1.35. The monoisotopic (exact) mass is 353 g/mol. The van der Waals surface area contributed by atoms with Crippen LogP contribution in [0.25, 0.3) is 0 Å². The van der Waals surface area contributed by atoms with Crippen molar-refractivity contribution in [1.82, 2.24) is 15.1 Å². The first kappa shape index (κ1) is 17.3. The molecule has 1 aromatic rings. The Labute approximate surface area is 148 Å². The smallest absolute Gasteiger partial charge is 0.257 e. The van der Waals surface area contributed by atoms with Crippen LogP contribution < -0.4 is 14.8 Å². The number of piperazine rings is 1. The first-order chi connectivity index (χ1) is 11.3. The van der Waals surface area contributed by atoms with Gasteiger partial charge in [0, 0.05) is 45.3 Å². The van der Waals surface area contributed by atoms with E-state index >= 15 is 0 Å². The third-order valence-electron chi connectivity index (χ3n) is 4.92. The van der Waals surface area contributed by atoms with Gasteiger partial charge in [-0.15, -0.1) is 12.4 Å². The number of rotatable bonds is 2. The van der Waals surface area contributed by atoms with Gasteiger partial charge in [-0.2, -0.15) is 0 Å². The topological polar surface area (TPSA) is 54.0 Å². The number of benzene rings is 1. The normalized spacial score (nSPS) is 23.7. The Hall–Kier alpha value is -1.50. The Kier molecular flexibility index (Phi) is 5.48. The number of amides is 1. The third-order valence-corrected chi connectivity index (χ3v) is 4.92. The lowest BCUT2D eigenvalue weighted by atomic mass is 10.1. The Morgan fingerprint density at radius 1 is 1.12 bits per heavy atom.